The molecule has 0 spiro atoms. The van der Waals surface area contributed by atoms with Gasteiger partial charge in [-0.15, -0.1) is 0 Å². The summed E-state index contributed by atoms with van der Waals surface area (Å²) in [4.78, 5) is 0. The number of furan rings is 1. The molecule has 3 heteroatoms. The van der Waals surface area contributed by atoms with Crippen LogP contribution in [0.4, 0.5) is 0 Å². The maximum absolute atomic E-state index is 5.46. The first-order valence-corrected chi connectivity index (χ1v) is 6.32. The molecule has 0 bridgehead atoms. The van der Waals surface area contributed by atoms with Gasteiger partial charge in [-0.2, -0.15) is 0 Å². The Labute approximate surface area is 109 Å². The molecular formula is C13H14INO. The molecular weight excluding hydrogens is 313 g/mol. The predicted molar refractivity (Wildman–Crippen MR) is 73.1 cm³/mol. The minimum absolute atomic E-state index is 0.775. The lowest BCUT2D eigenvalue weighted by Crippen LogP contribution is -2.11. The van der Waals surface area contributed by atoms with Crippen molar-refractivity contribution in [1.82, 2.24) is 5.32 Å². The SMILES string of the molecule is Cc1ccc(CNCc2ccc(I)o2)cc1. The van der Waals surface area contributed by atoms with Crippen molar-refractivity contribution >= 4 is 22.6 Å². The molecule has 0 aliphatic rings. The van der Waals surface area contributed by atoms with Crippen molar-refractivity contribution < 1.29 is 4.42 Å². The summed E-state index contributed by atoms with van der Waals surface area (Å²) in [5, 5.41) is 3.35. The number of halogens is 1. The molecule has 1 heterocycles. The molecule has 16 heavy (non-hydrogen) atoms. The third kappa shape index (κ3) is 3.35. The van der Waals surface area contributed by atoms with Gasteiger partial charge in [0.15, 0.2) is 3.77 Å². The quantitative estimate of drug-likeness (QED) is 0.870. The lowest BCUT2D eigenvalue weighted by molar-refractivity contribution is 0.463. The first kappa shape index (κ1) is 11.7. The Balaban J connectivity index is 1.82. The normalized spacial score (nSPS) is 10.6. The highest BCUT2D eigenvalue weighted by atomic mass is 127. The van der Waals surface area contributed by atoms with E-state index >= 15 is 0 Å². The Kier molecular flexibility index (Phi) is 4.01. The molecule has 84 valence electrons. The summed E-state index contributed by atoms with van der Waals surface area (Å²) in [6.07, 6.45) is 0. The number of rotatable bonds is 4. The van der Waals surface area contributed by atoms with E-state index in [1.54, 1.807) is 0 Å². The second-order valence-electron chi connectivity index (χ2n) is 3.79. The molecule has 0 saturated carbocycles. The van der Waals surface area contributed by atoms with Gasteiger partial charge in [0.1, 0.15) is 5.76 Å². The lowest BCUT2D eigenvalue weighted by atomic mass is 10.1. The Bertz CT molecular complexity index is 447. The molecule has 1 aromatic heterocycles. The first-order valence-electron chi connectivity index (χ1n) is 5.24. The zero-order valence-corrected chi connectivity index (χ0v) is 11.3. The summed E-state index contributed by atoms with van der Waals surface area (Å²) in [7, 11) is 0. The molecule has 1 N–H and O–H groups in total. The minimum atomic E-state index is 0.775. The van der Waals surface area contributed by atoms with Crippen LogP contribution in [0.3, 0.4) is 0 Å². The van der Waals surface area contributed by atoms with Crippen molar-refractivity contribution in [2.75, 3.05) is 0 Å². The molecule has 0 radical (unpaired) electrons. The molecule has 2 aromatic rings. The van der Waals surface area contributed by atoms with Crippen LogP contribution in [-0.4, -0.2) is 0 Å². The monoisotopic (exact) mass is 327 g/mol. The summed E-state index contributed by atoms with van der Waals surface area (Å²) in [5.74, 6) is 0.983. The van der Waals surface area contributed by atoms with Crippen LogP contribution in [0.25, 0.3) is 0 Å². The Morgan fingerprint density at radius 2 is 1.81 bits per heavy atom. The largest absolute Gasteiger partial charge is 0.454 e. The zero-order chi connectivity index (χ0) is 11.4. The third-order valence-corrected chi connectivity index (χ3v) is 2.96. The third-order valence-electron chi connectivity index (χ3n) is 2.38. The van der Waals surface area contributed by atoms with Crippen LogP contribution in [0.1, 0.15) is 16.9 Å². The highest BCUT2D eigenvalue weighted by molar-refractivity contribution is 14.1. The molecule has 0 fully saturated rings. The van der Waals surface area contributed by atoms with Gasteiger partial charge in [0.25, 0.3) is 0 Å². The summed E-state index contributed by atoms with van der Waals surface area (Å²) < 4.78 is 6.40. The molecule has 0 aliphatic heterocycles. The standard InChI is InChI=1S/C13H14INO/c1-10-2-4-11(5-3-10)8-15-9-12-6-7-13(14)16-12/h2-7,15H,8-9H2,1H3. The second-order valence-corrected chi connectivity index (χ2v) is 4.86. The fourth-order valence-corrected chi connectivity index (χ4v) is 1.95. The van der Waals surface area contributed by atoms with Crippen LogP contribution in [0.2, 0.25) is 0 Å². The fraction of sp³-hybridized carbons (Fsp3) is 0.231. The first-order chi connectivity index (χ1) is 7.74. The number of hydrogen-bond acceptors (Lipinski definition) is 2. The molecule has 0 aliphatic carbocycles. The summed E-state index contributed by atoms with van der Waals surface area (Å²) in [6, 6.07) is 12.5. The van der Waals surface area contributed by atoms with Gasteiger partial charge in [0.2, 0.25) is 0 Å². The van der Waals surface area contributed by atoms with Gasteiger partial charge in [0, 0.05) is 6.54 Å². The number of aryl methyl sites for hydroxylation is 1. The average molecular weight is 327 g/mol. The average Bonchev–Trinajstić information content (AvgIpc) is 2.67. The van der Waals surface area contributed by atoms with Crippen LogP contribution in [0.15, 0.2) is 40.8 Å². The van der Waals surface area contributed by atoms with Crippen molar-refractivity contribution in [3.63, 3.8) is 0 Å². The maximum atomic E-state index is 5.46. The second kappa shape index (κ2) is 5.50. The Morgan fingerprint density at radius 3 is 2.44 bits per heavy atom. The maximum Gasteiger partial charge on any atom is 0.164 e. The summed E-state index contributed by atoms with van der Waals surface area (Å²) >= 11 is 2.17. The van der Waals surface area contributed by atoms with E-state index < -0.39 is 0 Å². The van der Waals surface area contributed by atoms with Gasteiger partial charge in [-0.05, 0) is 47.2 Å². The van der Waals surface area contributed by atoms with E-state index in [-0.39, 0.29) is 0 Å². The van der Waals surface area contributed by atoms with E-state index in [9.17, 15) is 0 Å². The van der Waals surface area contributed by atoms with Gasteiger partial charge in [0.05, 0.1) is 6.54 Å². The van der Waals surface area contributed by atoms with Gasteiger partial charge in [-0.1, -0.05) is 29.8 Å². The van der Waals surface area contributed by atoms with Crippen molar-refractivity contribution in [3.05, 3.63) is 57.1 Å². The molecule has 2 rings (SSSR count). The van der Waals surface area contributed by atoms with E-state index in [1.807, 2.05) is 12.1 Å². The Morgan fingerprint density at radius 1 is 1.06 bits per heavy atom. The molecule has 0 unspecified atom stereocenters. The predicted octanol–water partition coefficient (Wildman–Crippen LogP) is 3.48. The molecule has 0 atom stereocenters. The van der Waals surface area contributed by atoms with E-state index in [4.69, 9.17) is 4.42 Å². The van der Waals surface area contributed by atoms with Crippen molar-refractivity contribution in [1.29, 1.82) is 0 Å². The summed E-state index contributed by atoms with van der Waals surface area (Å²) in [6.45, 7) is 3.75. The van der Waals surface area contributed by atoms with E-state index in [1.165, 1.54) is 11.1 Å². The number of benzene rings is 1. The van der Waals surface area contributed by atoms with Gasteiger partial charge in [-0.3, -0.25) is 0 Å². The van der Waals surface area contributed by atoms with Gasteiger partial charge < -0.3 is 9.73 Å². The van der Waals surface area contributed by atoms with E-state index in [2.05, 4.69) is 59.1 Å². The van der Waals surface area contributed by atoms with Crippen molar-refractivity contribution in [2.24, 2.45) is 0 Å². The Hall–Kier alpha value is -0.810. The van der Waals surface area contributed by atoms with Crippen molar-refractivity contribution in [3.8, 4) is 0 Å². The highest BCUT2D eigenvalue weighted by Crippen LogP contribution is 2.10. The van der Waals surface area contributed by atoms with E-state index in [0.29, 0.717) is 0 Å². The van der Waals surface area contributed by atoms with Crippen LogP contribution >= 0.6 is 22.6 Å². The number of hydrogen-bond donors (Lipinski definition) is 1. The van der Waals surface area contributed by atoms with Gasteiger partial charge in [-0.25, -0.2) is 0 Å². The van der Waals surface area contributed by atoms with Crippen LogP contribution in [0.5, 0.6) is 0 Å². The minimum Gasteiger partial charge on any atom is -0.454 e. The van der Waals surface area contributed by atoms with Crippen LogP contribution < -0.4 is 5.32 Å². The fourth-order valence-electron chi connectivity index (χ4n) is 1.48. The summed E-state index contributed by atoms with van der Waals surface area (Å²) in [5.41, 5.74) is 2.59. The topological polar surface area (TPSA) is 25.2 Å². The smallest absolute Gasteiger partial charge is 0.164 e. The molecule has 0 saturated heterocycles. The van der Waals surface area contributed by atoms with Crippen molar-refractivity contribution in [2.45, 2.75) is 20.0 Å². The highest BCUT2D eigenvalue weighted by Gasteiger charge is 1.98. The van der Waals surface area contributed by atoms with E-state index in [0.717, 1.165) is 22.6 Å². The van der Waals surface area contributed by atoms with Crippen LogP contribution in [-0.2, 0) is 13.1 Å². The van der Waals surface area contributed by atoms with Gasteiger partial charge >= 0.3 is 0 Å². The number of nitrogens with one attached hydrogen (secondary N) is 1. The molecule has 0 amide bonds. The lowest BCUT2D eigenvalue weighted by Gasteiger charge is -2.03. The molecule has 2 nitrogen and oxygen atoms in total. The molecule has 1 aromatic carbocycles. The zero-order valence-electron chi connectivity index (χ0n) is 9.16. The van der Waals surface area contributed by atoms with Crippen LogP contribution in [0, 0.1) is 10.7 Å².